The quantitative estimate of drug-likeness (QED) is 0.885. The predicted octanol–water partition coefficient (Wildman–Crippen LogP) is 1.27. The van der Waals surface area contributed by atoms with Crippen LogP contribution >= 0.6 is 0 Å². The summed E-state index contributed by atoms with van der Waals surface area (Å²) in [6, 6.07) is 5.75. The van der Waals surface area contributed by atoms with Gasteiger partial charge in [-0.3, -0.25) is 4.79 Å². The van der Waals surface area contributed by atoms with E-state index in [9.17, 15) is 4.79 Å². The van der Waals surface area contributed by atoms with Crippen LogP contribution in [-0.4, -0.2) is 58.3 Å². The highest BCUT2D eigenvalue weighted by Gasteiger charge is 2.21. The third-order valence-corrected chi connectivity index (χ3v) is 5.01. The first-order chi connectivity index (χ1) is 12.8. The van der Waals surface area contributed by atoms with Crippen LogP contribution in [0.25, 0.3) is 0 Å². The second kappa shape index (κ2) is 7.63. The van der Waals surface area contributed by atoms with Gasteiger partial charge < -0.3 is 15.1 Å². The van der Waals surface area contributed by atoms with Crippen LogP contribution in [-0.2, 0) is 0 Å². The van der Waals surface area contributed by atoms with E-state index in [2.05, 4.69) is 35.3 Å². The van der Waals surface area contributed by atoms with E-state index in [0.29, 0.717) is 5.69 Å². The number of nitrogens with zero attached hydrogens (tertiary/aromatic N) is 6. The van der Waals surface area contributed by atoms with Gasteiger partial charge in [0.1, 0.15) is 0 Å². The summed E-state index contributed by atoms with van der Waals surface area (Å²) in [5, 5.41) is 11.4. The number of amides is 1. The molecule has 4 rings (SSSR count). The molecule has 1 aliphatic carbocycles. The summed E-state index contributed by atoms with van der Waals surface area (Å²) in [4.78, 5) is 25.2. The van der Waals surface area contributed by atoms with Crippen LogP contribution in [0.15, 0.2) is 30.6 Å². The van der Waals surface area contributed by atoms with E-state index in [0.717, 1.165) is 50.8 Å². The van der Waals surface area contributed by atoms with Crippen molar-refractivity contribution in [1.29, 1.82) is 0 Å². The molecule has 8 heteroatoms. The van der Waals surface area contributed by atoms with Gasteiger partial charge >= 0.3 is 0 Å². The molecule has 1 aliphatic heterocycles. The summed E-state index contributed by atoms with van der Waals surface area (Å²) in [5.41, 5.74) is 0.386. The van der Waals surface area contributed by atoms with Gasteiger partial charge in [-0.2, -0.15) is 0 Å². The average molecular weight is 353 g/mol. The lowest BCUT2D eigenvalue weighted by atomic mass is 10.2. The van der Waals surface area contributed by atoms with Gasteiger partial charge in [0.2, 0.25) is 5.95 Å². The molecule has 0 radical (unpaired) electrons. The molecule has 1 saturated carbocycles. The van der Waals surface area contributed by atoms with Crippen molar-refractivity contribution in [1.82, 2.24) is 25.5 Å². The molecule has 1 saturated heterocycles. The van der Waals surface area contributed by atoms with E-state index in [1.165, 1.54) is 12.8 Å². The second-order valence-corrected chi connectivity index (χ2v) is 6.75. The standard InChI is InChI=1S/C18H23N7O/c26-17(21-14-4-1-2-5-14)15-6-7-16(23-22-15)24-10-12-25(13-11-24)18-19-8-3-9-20-18/h3,6-9,14H,1-2,4-5,10-13H2,(H,21,26). The minimum atomic E-state index is -0.123. The molecule has 2 aromatic heterocycles. The number of hydrogen-bond acceptors (Lipinski definition) is 7. The molecule has 2 aliphatic rings. The summed E-state index contributed by atoms with van der Waals surface area (Å²) in [6.07, 6.45) is 8.02. The first kappa shape index (κ1) is 16.7. The third-order valence-electron chi connectivity index (χ3n) is 5.01. The lowest BCUT2D eigenvalue weighted by molar-refractivity contribution is 0.0932. The number of piperazine rings is 1. The summed E-state index contributed by atoms with van der Waals surface area (Å²) in [5.74, 6) is 1.44. The Morgan fingerprint density at radius 2 is 1.65 bits per heavy atom. The number of nitrogens with one attached hydrogen (secondary N) is 1. The maximum absolute atomic E-state index is 12.2. The zero-order chi connectivity index (χ0) is 17.8. The summed E-state index contributed by atoms with van der Waals surface area (Å²) in [7, 11) is 0. The molecule has 0 atom stereocenters. The largest absolute Gasteiger partial charge is 0.352 e. The maximum Gasteiger partial charge on any atom is 0.272 e. The van der Waals surface area contributed by atoms with Gasteiger partial charge in [0.15, 0.2) is 11.5 Å². The highest BCUT2D eigenvalue weighted by Crippen LogP contribution is 2.18. The minimum absolute atomic E-state index is 0.123. The van der Waals surface area contributed by atoms with Crippen molar-refractivity contribution in [3.8, 4) is 0 Å². The molecule has 136 valence electrons. The molecule has 2 aromatic rings. The highest BCUT2D eigenvalue weighted by atomic mass is 16.2. The van der Waals surface area contributed by atoms with E-state index in [1.807, 2.05) is 12.1 Å². The molecule has 0 bridgehead atoms. The first-order valence-electron chi connectivity index (χ1n) is 9.21. The SMILES string of the molecule is O=C(NC1CCCC1)c1ccc(N2CCN(c3ncccn3)CC2)nn1. The highest BCUT2D eigenvalue weighted by molar-refractivity contribution is 5.92. The Hall–Kier alpha value is -2.77. The number of rotatable bonds is 4. The van der Waals surface area contributed by atoms with E-state index in [-0.39, 0.29) is 11.9 Å². The van der Waals surface area contributed by atoms with Gasteiger partial charge in [-0.25, -0.2) is 9.97 Å². The Morgan fingerprint density at radius 1 is 0.962 bits per heavy atom. The van der Waals surface area contributed by atoms with Crippen molar-refractivity contribution in [3.63, 3.8) is 0 Å². The molecular weight excluding hydrogens is 330 g/mol. The lowest BCUT2D eigenvalue weighted by Crippen LogP contribution is -2.47. The molecule has 0 unspecified atom stereocenters. The molecule has 1 N–H and O–H groups in total. The van der Waals surface area contributed by atoms with E-state index >= 15 is 0 Å². The Morgan fingerprint density at radius 3 is 2.31 bits per heavy atom. The second-order valence-electron chi connectivity index (χ2n) is 6.75. The number of anilines is 2. The number of hydrogen-bond donors (Lipinski definition) is 1. The summed E-state index contributed by atoms with van der Waals surface area (Å²) in [6.45, 7) is 3.30. The predicted molar refractivity (Wildman–Crippen MR) is 98.2 cm³/mol. The van der Waals surface area contributed by atoms with Crippen molar-refractivity contribution in [2.75, 3.05) is 36.0 Å². The fourth-order valence-electron chi connectivity index (χ4n) is 3.53. The number of carbonyl (C=O) groups excluding carboxylic acids is 1. The molecule has 1 amide bonds. The van der Waals surface area contributed by atoms with E-state index < -0.39 is 0 Å². The molecule has 0 spiro atoms. The Labute approximate surface area is 152 Å². The molecule has 3 heterocycles. The van der Waals surface area contributed by atoms with E-state index in [1.54, 1.807) is 18.5 Å². The molecular formula is C18H23N7O. The zero-order valence-electron chi connectivity index (χ0n) is 14.7. The molecule has 0 aromatic carbocycles. The zero-order valence-corrected chi connectivity index (χ0v) is 14.7. The van der Waals surface area contributed by atoms with Crippen molar-refractivity contribution in [3.05, 3.63) is 36.3 Å². The lowest BCUT2D eigenvalue weighted by Gasteiger charge is -2.35. The van der Waals surface area contributed by atoms with Gasteiger partial charge in [0, 0.05) is 44.6 Å². The van der Waals surface area contributed by atoms with Crippen LogP contribution in [0.2, 0.25) is 0 Å². The van der Waals surface area contributed by atoms with Gasteiger partial charge in [-0.05, 0) is 31.0 Å². The van der Waals surface area contributed by atoms with Gasteiger partial charge in [-0.15, -0.1) is 10.2 Å². The minimum Gasteiger partial charge on any atom is -0.352 e. The topological polar surface area (TPSA) is 87.1 Å². The van der Waals surface area contributed by atoms with Gasteiger partial charge in [0.05, 0.1) is 0 Å². The van der Waals surface area contributed by atoms with Gasteiger partial charge in [0.25, 0.3) is 5.91 Å². The molecule has 8 nitrogen and oxygen atoms in total. The molecule has 2 fully saturated rings. The normalized spacial score (nSPS) is 18.2. The maximum atomic E-state index is 12.2. The van der Waals surface area contributed by atoms with Crippen molar-refractivity contribution < 1.29 is 4.79 Å². The number of carbonyl (C=O) groups is 1. The fraction of sp³-hybridized carbons (Fsp3) is 0.500. The summed E-state index contributed by atoms with van der Waals surface area (Å²) >= 11 is 0. The van der Waals surface area contributed by atoms with Crippen LogP contribution in [0.1, 0.15) is 36.2 Å². The average Bonchev–Trinajstić information content (AvgIpc) is 3.22. The van der Waals surface area contributed by atoms with Crippen molar-refractivity contribution in [2.24, 2.45) is 0 Å². The van der Waals surface area contributed by atoms with E-state index in [4.69, 9.17) is 0 Å². The van der Waals surface area contributed by atoms with Crippen molar-refractivity contribution >= 4 is 17.7 Å². The van der Waals surface area contributed by atoms with Crippen LogP contribution in [0.3, 0.4) is 0 Å². The Bertz CT molecular complexity index is 723. The number of aromatic nitrogens is 4. The Kier molecular flexibility index (Phi) is 4.90. The molecule has 26 heavy (non-hydrogen) atoms. The third kappa shape index (κ3) is 3.74. The van der Waals surface area contributed by atoms with Crippen LogP contribution in [0, 0.1) is 0 Å². The monoisotopic (exact) mass is 353 g/mol. The van der Waals surface area contributed by atoms with Crippen LogP contribution < -0.4 is 15.1 Å². The van der Waals surface area contributed by atoms with Crippen LogP contribution in [0.5, 0.6) is 0 Å². The smallest absolute Gasteiger partial charge is 0.272 e. The first-order valence-corrected chi connectivity index (χ1v) is 9.21. The fourth-order valence-corrected chi connectivity index (χ4v) is 3.53. The van der Waals surface area contributed by atoms with Crippen LogP contribution in [0.4, 0.5) is 11.8 Å². The van der Waals surface area contributed by atoms with Crippen molar-refractivity contribution in [2.45, 2.75) is 31.7 Å². The van der Waals surface area contributed by atoms with Gasteiger partial charge in [-0.1, -0.05) is 12.8 Å². The summed E-state index contributed by atoms with van der Waals surface area (Å²) < 4.78 is 0. The Balaban J connectivity index is 1.33.